The van der Waals surface area contributed by atoms with Crippen molar-refractivity contribution in [1.82, 2.24) is 30.4 Å². The van der Waals surface area contributed by atoms with Crippen LogP contribution < -0.4 is 5.32 Å². The number of hydrogen-bond acceptors (Lipinski definition) is 5. The molecule has 2 aromatic rings. The van der Waals surface area contributed by atoms with Gasteiger partial charge in [0.25, 0.3) is 5.91 Å². The minimum atomic E-state index is -0.584. The molecule has 24 heavy (non-hydrogen) atoms. The number of aromatic amines is 2. The van der Waals surface area contributed by atoms with Crippen LogP contribution in [0, 0.1) is 0 Å². The van der Waals surface area contributed by atoms with E-state index in [2.05, 4.69) is 37.3 Å². The second kappa shape index (κ2) is 7.59. The number of nitrogens with zero attached hydrogens (tertiary/aromatic N) is 3. The lowest BCUT2D eigenvalue weighted by atomic mass is 10.2. The van der Waals surface area contributed by atoms with Gasteiger partial charge in [-0.25, -0.2) is 4.98 Å². The summed E-state index contributed by atoms with van der Waals surface area (Å²) in [5, 5.41) is 19.4. The lowest BCUT2D eigenvalue weighted by molar-refractivity contribution is 0.0883. The Hall–Kier alpha value is -2.19. The molecule has 3 rings (SSSR count). The van der Waals surface area contributed by atoms with Crippen LogP contribution >= 0.6 is 0 Å². The molecule has 0 saturated carbocycles. The molecule has 1 fully saturated rings. The molecule has 2 atom stereocenters. The Morgan fingerprint density at radius 2 is 2.38 bits per heavy atom. The molecule has 130 valence electrons. The zero-order valence-corrected chi connectivity index (χ0v) is 13.8. The van der Waals surface area contributed by atoms with Crippen LogP contribution in [0.15, 0.2) is 18.5 Å². The lowest BCUT2D eigenvalue weighted by Crippen LogP contribution is -2.43. The summed E-state index contributed by atoms with van der Waals surface area (Å²) < 4.78 is 0. The van der Waals surface area contributed by atoms with Gasteiger partial charge in [-0.3, -0.25) is 14.8 Å². The molecule has 0 aromatic carbocycles. The van der Waals surface area contributed by atoms with Crippen LogP contribution in [-0.2, 0) is 13.0 Å². The molecule has 0 spiro atoms. The molecule has 0 unspecified atom stereocenters. The predicted octanol–water partition coefficient (Wildman–Crippen LogP) is 0.451. The van der Waals surface area contributed by atoms with Gasteiger partial charge in [-0.15, -0.1) is 0 Å². The van der Waals surface area contributed by atoms with Crippen LogP contribution in [0.2, 0.25) is 0 Å². The first-order chi connectivity index (χ1) is 11.7. The van der Waals surface area contributed by atoms with Gasteiger partial charge in [0, 0.05) is 44.1 Å². The Balaban J connectivity index is 1.52. The van der Waals surface area contributed by atoms with E-state index >= 15 is 0 Å². The smallest absolute Gasteiger partial charge is 0.269 e. The molecule has 0 aliphatic carbocycles. The van der Waals surface area contributed by atoms with Gasteiger partial charge in [0.2, 0.25) is 0 Å². The first kappa shape index (κ1) is 16.7. The summed E-state index contributed by atoms with van der Waals surface area (Å²) in [5.74, 6) is 0.762. The van der Waals surface area contributed by atoms with Crippen LogP contribution in [0.5, 0.6) is 0 Å². The van der Waals surface area contributed by atoms with E-state index in [-0.39, 0.29) is 11.9 Å². The summed E-state index contributed by atoms with van der Waals surface area (Å²) in [6.45, 7) is 3.97. The van der Waals surface area contributed by atoms with Gasteiger partial charge in [0.05, 0.1) is 12.1 Å². The molecular weight excluding hydrogens is 308 g/mol. The fourth-order valence-corrected chi connectivity index (χ4v) is 2.96. The summed E-state index contributed by atoms with van der Waals surface area (Å²) in [6.07, 6.45) is 6.03. The highest BCUT2D eigenvalue weighted by Gasteiger charge is 2.32. The molecule has 4 N–H and O–H groups in total. The largest absolute Gasteiger partial charge is 0.390 e. The van der Waals surface area contributed by atoms with Crippen LogP contribution in [0.25, 0.3) is 0 Å². The predicted molar refractivity (Wildman–Crippen MR) is 88.3 cm³/mol. The number of β-amino-alcohol motifs (C(OH)–C–C–N with tert-alkyl or cyclic N) is 1. The molecule has 2 aromatic heterocycles. The third-order valence-electron chi connectivity index (χ3n) is 4.27. The second-order valence-corrected chi connectivity index (χ2v) is 6.27. The molecule has 1 amide bonds. The van der Waals surface area contributed by atoms with Crippen LogP contribution in [0.1, 0.15) is 41.8 Å². The Morgan fingerprint density at radius 3 is 3.12 bits per heavy atom. The van der Waals surface area contributed by atoms with Crippen molar-refractivity contribution in [2.75, 3.05) is 13.1 Å². The van der Waals surface area contributed by atoms with E-state index in [9.17, 15) is 9.90 Å². The van der Waals surface area contributed by atoms with E-state index in [0.717, 1.165) is 30.8 Å². The summed E-state index contributed by atoms with van der Waals surface area (Å²) in [7, 11) is 0. The Kier molecular flexibility index (Phi) is 5.27. The Labute approximate surface area is 140 Å². The number of imidazole rings is 1. The number of aliphatic hydroxyl groups is 1. The average Bonchev–Trinajstić information content (AvgIpc) is 3.28. The lowest BCUT2D eigenvalue weighted by Gasteiger charge is -2.15. The number of aliphatic hydroxyl groups excluding tert-OH is 1. The number of hydrogen-bond donors (Lipinski definition) is 4. The summed E-state index contributed by atoms with van der Waals surface area (Å²) in [6, 6.07) is 1.32. The number of amides is 1. The maximum atomic E-state index is 12.0. The Morgan fingerprint density at radius 1 is 1.50 bits per heavy atom. The number of carbonyl (C=O) groups excluding carboxylic acids is 1. The average molecular weight is 332 g/mol. The molecule has 0 bridgehead atoms. The van der Waals surface area contributed by atoms with Crippen LogP contribution in [0.4, 0.5) is 0 Å². The number of unbranched alkanes of at least 4 members (excludes halogenated alkanes) is 1. The van der Waals surface area contributed by atoms with Crippen molar-refractivity contribution in [3.63, 3.8) is 0 Å². The van der Waals surface area contributed by atoms with Crippen molar-refractivity contribution in [2.45, 2.75) is 44.9 Å². The number of aromatic nitrogens is 4. The SMILES string of the molecule is CCCCc1ncc(CN2C[C@@H](O)[C@H](NC(=O)c3ccn[nH]3)C2)[nH]1. The van der Waals surface area contributed by atoms with Crippen molar-refractivity contribution in [3.8, 4) is 0 Å². The fraction of sp³-hybridized carbons (Fsp3) is 0.562. The molecule has 0 radical (unpaired) electrons. The zero-order chi connectivity index (χ0) is 16.9. The van der Waals surface area contributed by atoms with Crippen molar-refractivity contribution >= 4 is 5.91 Å². The van der Waals surface area contributed by atoms with Crippen molar-refractivity contribution in [2.24, 2.45) is 0 Å². The van der Waals surface area contributed by atoms with E-state index in [1.165, 1.54) is 6.20 Å². The number of likely N-dealkylation sites (tertiary alicyclic amines) is 1. The molecule has 3 heterocycles. The zero-order valence-electron chi connectivity index (χ0n) is 13.8. The van der Waals surface area contributed by atoms with Gasteiger partial charge in [-0.2, -0.15) is 5.10 Å². The van der Waals surface area contributed by atoms with Gasteiger partial charge >= 0.3 is 0 Å². The normalized spacial score (nSPS) is 21.2. The number of aryl methyl sites for hydroxylation is 1. The van der Waals surface area contributed by atoms with Gasteiger partial charge in [-0.05, 0) is 12.5 Å². The minimum Gasteiger partial charge on any atom is -0.390 e. The second-order valence-electron chi connectivity index (χ2n) is 6.27. The third kappa shape index (κ3) is 4.01. The topological polar surface area (TPSA) is 110 Å². The van der Waals surface area contributed by atoms with Crippen LogP contribution in [-0.4, -0.2) is 61.3 Å². The monoisotopic (exact) mass is 332 g/mol. The van der Waals surface area contributed by atoms with Gasteiger partial charge in [-0.1, -0.05) is 13.3 Å². The number of carbonyl (C=O) groups is 1. The molecule has 8 nitrogen and oxygen atoms in total. The molecular formula is C16H24N6O2. The molecule has 8 heteroatoms. The van der Waals surface area contributed by atoms with Gasteiger partial charge < -0.3 is 15.4 Å². The first-order valence-electron chi connectivity index (χ1n) is 8.39. The summed E-state index contributed by atoms with van der Waals surface area (Å²) >= 11 is 0. The van der Waals surface area contributed by atoms with E-state index in [1.54, 1.807) is 6.07 Å². The third-order valence-corrected chi connectivity index (χ3v) is 4.27. The highest BCUT2D eigenvalue weighted by atomic mass is 16.3. The maximum absolute atomic E-state index is 12.0. The number of rotatable bonds is 7. The van der Waals surface area contributed by atoms with E-state index < -0.39 is 6.10 Å². The van der Waals surface area contributed by atoms with Crippen molar-refractivity contribution in [1.29, 1.82) is 0 Å². The fourth-order valence-electron chi connectivity index (χ4n) is 2.96. The minimum absolute atomic E-state index is 0.248. The summed E-state index contributed by atoms with van der Waals surface area (Å²) in [4.78, 5) is 21.9. The van der Waals surface area contributed by atoms with Crippen molar-refractivity contribution in [3.05, 3.63) is 35.7 Å². The number of H-pyrrole nitrogens is 2. The van der Waals surface area contributed by atoms with E-state index in [4.69, 9.17) is 0 Å². The Bertz CT molecular complexity index is 653. The van der Waals surface area contributed by atoms with Crippen molar-refractivity contribution < 1.29 is 9.90 Å². The summed E-state index contributed by atoms with van der Waals surface area (Å²) in [5.41, 5.74) is 1.43. The molecule has 1 aliphatic rings. The maximum Gasteiger partial charge on any atom is 0.269 e. The van der Waals surface area contributed by atoms with Gasteiger partial charge in [0.15, 0.2) is 0 Å². The van der Waals surface area contributed by atoms with E-state index in [1.807, 2.05) is 6.20 Å². The first-order valence-corrected chi connectivity index (χ1v) is 8.39. The molecule has 1 saturated heterocycles. The number of nitrogens with one attached hydrogen (secondary N) is 3. The highest BCUT2D eigenvalue weighted by Crippen LogP contribution is 2.14. The quantitative estimate of drug-likeness (QED) is 0.588. The van der Waals surface area contributed by atoms with Gasteiger partial charge in [0.1, 0.15) is 11.5 Å². The van der Waals surface area contributed by atoms with E-state index in [0.29, 0.717) is 25.3 Å². The van der Waals surface area contributed by atoms with Crippen LogP contribution in [0.3, 0.4) is 0 Å². The molecule has 1 aliphatic heterocycles. The highest BCUT2D eigenvalue weighted by molar-refractivity contribution is 5.92. The standard InChI is InChI=1S/C16H24N6O2/c1-2-3-4-15-17-7-11(19-15)8-22-9-13(14(23)10-22)20-16(24)12-5-6-18-21-12/h5-7,13-14,23H,2-4,8-10H2,1H3,(H,17,19)(H,18,21)(H,20,24)/t13-,14-/m1/s1.